The maximum absolute atomic E-state index is 10.1. The molecule has 4 nitrogen and oxygen atoms in total. The highest BCUT2D eigenvalue weighted by atomic mass is 31.2. The Labute approximate surface area is 60.5 Å². The maximum Gasteiger partial charge on any atom is 0.469 e. The van der Waals surface area contributed by atoms with Crippen LogP contribution in [-0.2, 0) is 9.09 Å². The highest BCUT2D eigenvalue weighted by molar-refractivity contribution is 7.46. The lowest BCUT2D eigenvalue weighted by atomic mass is 10.1. The molecule has 10 heavy (non-hydrogen) atoms. The molecule has 0 amide bonds. The van der Waals surface area contributed by atoms with Crippen molar-refractivity contribution in [3.8, 4) is 0 Å². The predicted molar refractivity (Wildman–Crippen MR) is 37.1 cm³/mol. The van der Waals surface area contributed by atoms with Crippen LogP contribution >= 0.6 is 7.82 Å². The van der Waals surface area contributed by atoms with Gasteiger partial charge in [0, 0.05) is 0 Å². The molecule has 0 aliphatic rings. The molecule has 0 aliphatic carbocycles. The second kappa shape index (κ2) is 4.09. The van der Waals surface area contributed by atoms with Crippen LogP contribution in [0.2, 0.25) is 0 Å². The molecule has 2 N–H and O–H groups in total. The zero-order valence-electron chi connectivity index (χ0n) is 6.02. The van der Waals surface area contributed by atoms with E-state index < -0.39 is 7.82 Å². The molecule has 0 saturated carbocycles. The molecule has 0 spiro atoms. The van der Waals surface area contributed by atoms with E-state index in [0.717, 1.165) is 0 Å². The van der Waals surface area contributed by atoms with Crippen LogP contribution in [-0.4, -0.2) is 16.4 Å². The summed E-state index contributed by atoms with van der Waals surface area (Å²) in [5.41, 5.74) is 0. The Kier molecular flexibility index (Phi) is 4.13. The summed E-state index contributed by atoms with van der Waals surface area (Å²) >= 11 is 0. The Bertz CT molecular complexity index is 130. The normalized spacial score (nSPS) is 15.2. The van der Waals surface area contributed by atoms with Gasteiger partial charge in [0.05, 0.1) is 6.61 Å². The molecule has 61 valence electrons. The first kappa shape index (κ1) is 10.1. The van der Waals surface area contributed by atoms with E-state index >= 15 is 0 Å². The number of rotatable bonds is 4. The minimum absolute atomic E-state index is 0.0702. The number of hydrogen-bond acceptors (Lipinski definition) is 2. The van der Waals surface area contributed by atoms with Crippen LogP contribution < -0.4 is 0 Å². The second-order valence-electron chi connectivity index (χ2n) is 2.10. The second-order valence-corrected chi connectivity index (χ2v) is 3.34. The van der Waals surface area contributed by atoms with Gasteiger partial charge in [-0.25, -0.2) is 4.57 Å². The van der Waals surface area contributed by atoms with Crippen LogP contribution in [0.15, 0.2) is 0 Å². The van der Waals surface area contributed by atoms with E-state index in [1.807, 2.05) is 20.3 Å². The third-order valence-electron chi connectivity index (χ3n) is 1.07. The zero-order chi connectivity index (χ0) is 8.20. The summed E-state index contributed by atoms with van der Waals surface area (Å²) in [4.78, 5) is 16.5. The highest BCUT2D eigenvalue weighted by Crippen LogP contribution is 2.36. The van der Waals surface area contributed by atoms with Gasteiger partial charge in [-0.05, 0) is 12.3 Å². The minimum Gasteiger partial charge on any atom is -0.303 e. The van der Waals surface area contributed by atoms with Crippen LogP contribution in [0.25, 0.3) is 0 Å². The van der Waals surface area contributed by atoms with Gasteiger partial charge in [0.2, 0.25) is 0 Å². The summed E-state index contributed by atoms with van der Waals surface area (Å²) in [7, 11) is -4.25. The number of phosphoric ester groups is 1. The fraction of sp³-hybridized carbons (Fsp3) is 0.800. The first-order valence-electron chi connectivity index (χ1n) is 2.95. The summed E-state index contributed by atoms with van der Waals surface area (Å²) in [5, 5.41) is 0. The largest absolute Gasteiger partial charge is 0.469 e. The molecule has 0 aliphatic heterocycles. The van der Waals surface area contributed by atoms with Crippen molar-refractivity contribution in [2.75, 3.05) is 6.61 Å². The van der Waals surface area contributed by atoms with Gasteiger partial charge in [-0.2, -0.15) is 0 Å². The van der Waals surface area contributed by atoms with E-state index in [2.05, 4.69) is 4.52 Å². The molecule has 0 aromatic carbocycles. The summed E-state index contributed by atoms with van der Waals surface area (Å²) < 4.78 is 14.3. The lowest BCUT2D eigenvalue weighted by Gasteiger charge is -2.08. The monoisotopic (exact) mass is 167 g/mol. The number of phosphoric acid groups is 1. The first-order chi connectivity index (χ1) is 4.45. The van der Waals surface area contributed by atoms with Gasteiger partial charge in [-0.15, -0.1) is 0 Å². The van der Waals surface area contributed by atoms with Crippen LogP contribution in [0.5, 0.6) is 0 Å². The van der Waals surface area contributed by atoms with E-state index in [1.54, 1.807) is 0 Å². The third-order valence-corrected chi connectivity index (χ3v) is 1.56. The van der Waals surface area contributed by atoms with Gasteiger partial charge in [0.25, 0.3) is 0 Å². The van der Waals surface area contributed by atoms with Crippen molar-refractivity contribution in [1.29, 1.82) is 0 Å². The molecule has 0 heterocycles. The third kappa shape index (κ3) is 6.23. The van der Waals surface area contributed by atoms with Crippen molar-refractivity contribution in [3.05, 3.63) is 6.42 Å². The van der Waals surface area contributed by atoms with Gasteiger partial charge in [0.15, 0.2) is 0 Å². The van der Waals surface area contributed by atoms with Gasteiger partial charge in [-0.1, -0.05) is 13.8 Å². The van der Waals surface area contributed by atoms with Gasteiger partial charge in [-0.3, -0.25) is 4.52 Å². The predicted octanol–water partition coefficient (Wildman–Crippen LogP) is 0.956. The fourth-order valence-corrected chi connectivity index (χ4v) is 0.740. The molecule has 0 aromatic heterocycles. The molecule has 5 heteroatoms. The van der Waals surface area contributed by atoms with Crippen molar-refractivity contribution in [2.45, 2.75) is 13.8 Å². The molecule has 0 bridgehead atoms. The highest BCUT2D eigenvalue weighted by Gasteiger charge is 2.14. The lowest BCUT2D eigenvalue weighted by Crippen LogP contribution is -2.03. The van der Waals surface area contributed by atoms with Crippen molar-refractivity contribution in [3.63, 3.8) is 0 Å². The zero-order valence-corrected chi connectivity index (χ0v) is 6.91. The van der Waals surface area contributed by atoms with Crippen molar-refractivity contribution < 1.29 is 18.9 Å². The lowest BCUT2D eigenvalue weighted by molar-refractivity contribution is 0.180. The molecule has 0 rings (SSSR count). The van der Waals surface area contributed by atoms with Crippen LogP contribution in [0.1, 0.15) is 13.8 Å². The van der Waals surface area contributed by atoms with E-state index in [4.69, 9.17) is 9.79 Å². The van der Waals surface area contributed by atoms with Gasteiger partial charge >= 0.3 is 7.82 Å². The molecule has 1 unspecified atom stereocenters. The van der Waals surface area contributed by atoms with Crippen molar-refractivity contribution in [1.82, 2.24) is 0 Å². The Morgan fingerprint density at radius 2 is 2.20 bits per heavy atom. The SMILES string of the molecule is C[CH]C(C)COP(=O)(O)O. The van der Waals surface area contributed by atoms with E-state index in [1.165, 1.54) is 0 Å². The summed E-state index contributed by atoms with van der Waals surface area (Å²) in [6.45, 7) is 3.70. The van der Waals surface area contributed by atoms with Gasteiger partial charge in [0.1, 0.15) is 0 Å². The van der Waals surface area contributed by atoms with E-state index in [-0.39, 0.29) is 12.5 Å². The van der Waals surface area contributed by atoms with Crippen LogP contribution in [0, 0.1) is 12.3 Å². The quantitative estimate of drug-likeness (QED) is 0.612. The Morgan fingerprint density at radius 1 is 1.70 bits per heavy atom. The molecule has 0 saturated heterocycles. The van der Waals surface area contributed by atoms with E-state index in [0.29, 0.717) is 0 Å². The number of hydrogen-bond donors (Lipinski definition) is 2. The molecular formula is C5H12O4P. The van der Waals surface area contributed by atoms with E-state index in [9.17, 15) is 4.57 Å². The Hall–Kier alpha value is 0.110. The molecule has 0 aromatic rings. The van der Waals surface area contributed by atoms with Gasteiger partial charge < -0.3 is 9.79 Å². The Morgan fingerprint density at radius 3 is 2.50 bits per heavy atom. The Balaban J connectivity index is 3.46. The topological polar surface area (TPSA) is 66.8 Å². The average molecular weight is 167 g/mol. The average Bonchev–Trinajstić information content (AvgIpc) is 1.81. The minimum atomic E-state index is -4.25. The summed E-state index contributed by atoms with van der Waals surface area (Å²) in [6, 6.07) is 0. The maximum atomic E-state index is 10.1. The van der Waals surface area contributed by atoms with Crippen molar-refractivity contribution >= 4 is 7.82 Å². The first-order valence-corrected chi connectivity index (χ1v) is 4.48. The molecule has 1 radical (unpaired) electrons. The van der Waals surface area contributed by atoms with Crippen molar-refractivity contribution in [2.24, 2.45) is 5.92 Å². The summed E-state index contributed by atoms with van der Waals surface area (Å²) in [6.07, 6.45) is 1.82. The standard InChI is InChI=1S/C5H12O4P/c1-3-5(2)4-9-10(6,7)8/h3,5H,4H2,1-2H3,(H2,6,7,8). The van der Waals surface area contributed by atoms with Crippen LogP contribution in [0.4, 0.5) is 0 Å². The molecular weight excluding hydrogens is 155 g/mol. The smallest absolute Gasteiger partial charge is 0.303 e. The summed E-state index contributed by atoms with van der Waals surface area (Å²) in [5.74, 6) is 0.0765. The van der Waals surface area contributed by atoms with Crippen LogP contribution in [0.3, 0.4) is 0 Å². The molecule has 1 atom stereocenters. The fourth-order valence-electron chi connectivity index (χ4n) is 0.311. The molecule has 0 fully saturated rings.